The molecular formula is C13H18N4. The van der Waals surface area contributed by atoms with Crippen molar-refractivity contribution in [2.75, 3.05) is 0 Å². The molecule has 4 heteroatoms. The first-order valence-corrected chi connectivity index (χ1v) is 5.90. The molecule has 90 valence electrons. The number of aryl methyl sites for hydroxylation is 1. The standard InChI is InChI=1S/C13H18N4/c1-3-12(14)13-9-17(16-15-13)8-11-6-4-10(2)5-7-11/h4-7,9,12H,3,8,14H2,1-2H3. The van der Waals surface area contributed by atoms with Crippen LogP contribution in [0.4, 0.5) is 0 Å². The number of aromatic nitrogens is 3. The summed E-state index contributed by atoms with van der Waals surface area (Å²) in [4.78, 5) is 0. The number of hydrogen-bond acceptors (Lipinski definition) is 3. The molecule has 4 nitrogen and oxygen atoms in total. The Hall–Kier alpha value is -1.68. The summed E-state index contributed by atoms with van der Waals surface area (Å²) >= 11 is 0. The fourth-order valence-corrected chi connectivity index (χ4v) is 1.65. The Labute approximate surface area is 101 Å². The van der Waals surface area contributed by atoms with Crippen LogP contribution in [0.25, 0.3) is 0 Å². The predicted octanol–water partition coefficient (Wildman–Crippen LogP) is 2.04. The molecule has 0 bridgehead atoms. The summed E-state index contributed by atoms with van der Waals surface area (Å²) in [7, 11) is 0. The zero-order chi connectivity index (χ0) is 12.3. The second kappa shape index (κ2) is 5.10. The maximum Gasteiger partial charge on any atom is 0.0994 e. The quantitative estimate of drug-likeness (QED) is 0.874. The smallest absolute Gasteiger partial charge is 0.0994 e. The minimum Gasteiger partial charge on any atom is -0.323 e. The van der Waals surface area contributed by atoms with Crippen LogP contribution in [0.5, 0.6) is 0 Å². The highest BCUT2D eigenvalue weighted by Gasteiger charge is 2.08. The third-order valence-corrected chi connectivity index (χ3v) is 2.84. The van der Waals surface area contributed by atoms with Crippen LogP contribution < -0.4 is 5.73 Å². The number of benzene rings is 1. The number of nitrogens with zero attached hydrogens (tertiary/aromatic N) is 3. The molecule has 1 atom stereocenters. The van der Waals surface area contributed by atoms with E-state index in [1.165, 1.54) is 11.1 Å². The summed E-state index contributed by atoms with van der Waals surface area (Å²) in [5.74, 6) is 0. The average molecular weight is 230 g/mol. The van der Waals surface area contributed by atoms with Crippen LogP contribution in [-0.4, -0.2) is 15.0 Å². The monoisotopic (exact) mass is 230 g/mol. The summed E-state index contributed by atoms with van der Waals surface area (Å²) in [6, 6.07) is 8.41. The van der Waals surface area contributed by atoms with E-state index in [4.69, 9.17) is 5.73 Å². The third-order valence-electron chi connectivity index (χ3n) is 2.84. The fraction of sp³-hybridized carbons (Fsp3) is 0.385. The summed E-state index contributed by atoms with van der Waals surface area (Å²) in [5, 5.41) is 8.18. The van der Waals surface area contributed by atoms with Crippen LogP contribution in [0.3, 0.4) is 0 Å². The molecule has 0 saturated heterocycles. The molecule has 17 heavy (non-hydrogen) atoms. The van der Waals surface area contributed by atoms with Gasteiger partial charge in [0.1, 0.15) is 0 Å². The minimum absolute atomic E-state index is 0.0123. The molecular weight excluding hydrogens is 212 g/mol. The highest BCUT2D eigenvalue weighted by molar-refractivity contribution is 5.21. The van der Waals surface area contributed by atoms with Crippen molar-refractivity contribution in [2.45, 2.75) is 32.9 Å². The lowest BCUT2D eigenvalue weighted by Gasteiger charge is -2.03. The average Bonchev–Trinajstić information content (AvgIpc) is 2.80. The largest absolute Gasteiger partial charge is 0.323 e. The topological polar surface area (TPSA) is 56.7 Å². The van der Waals surface area contributed by atoms with Gasteiger partial charge >= 0.3 is 0 Å². The minimum atomic E-state index is -0.0123. The molecule has 2 rings (SSSR count). The van der Waals surface area contributed by atoms with E-state index in [1.807, 2.05) is 17.8 Å². The van der Waals surface area contributed by atoms with E-state index in [-0.39, 0.29) is 6.04 Å². The maximum absolute atomic E-state index is 5.91. The zero-order valence-electron chi connectivity index (χ0n) is 10.3. The molecule has 0 saturated carbocycles. The molecule has 0 aliphatic carbocycles. The van der Waals surface area contributed by atoms with Crippen LogP contribution in [0, 0.1) is 6.92 Å². The number of hydrogen-bond donors (Lipinski definition) is 1. The van der Waals surface area contributed by atoms with Gasteiger partial charge in [0.2, 0.25) is 0 Å². The third kappa shape index (κ3) is 2.91. The van der Waals surface area contributed by atoms with Crippen molar-refractivity contribution in [3.63, 3.8) is 0 Å². The highest BCUT2D eigenvalue weighted by Crippen LogP contribution is 2.10. The second-order valence-corrected chi connectivity index (χ2v) is 4.34. The molecule has 0 spiro atoms. The van der Waals surface area contributed by atoms with Crippen LogP contribution in [0.2, 0.25) is 0 Å². The van der Waals surface area contributed by atoms with Crippen molar-refractivity contribution >= 4 is 0 Å². The van der Waals surface area contributed by atoms with Gasteiger partial charge in [0.05, 0.1) is 24.5 Å². The lowest BCUT2D eigenvalue weighted by Crippen LogP contribution is -2.08. The van der Waals surface area contributed by atoms with E-state index in [0.717, 1.165) is 18.7 Å². The Balaban J connectivity index is 2.08. The van der Waals surface area contributed by atoms with Gasteiger partial charge in [0.25, 0.3) is 0 Å². The van der Waals surface area contributed by atoms with E-state index in [1.54, 1.807) is 0 Å². The Morgan fingerprint density at radius 1 is 1.29 bits per heavy atom. The normalized spacial score (nSPS) is 12.6. The number of nitrogens with two attached hydrogens (primary N) is 1. The second-order valence-electron chi connectivity index (χ2n) is 4.34. The molecule has 1 heterocycles. The summed E-state index contributed by atoms with van der Waals surface area (Å²) in [5.41, 5.74) is 9.25. The summed E-state index contributed by atoms with van der Waals surface area (Å²) in [6.45, 7) is 4.87. The van der Waals surface area contributed by atoms with Gasteiger partial charge in [-0.2, -0.15) is 0 Å². The molecule has 1 unspecified atom stereocenters. The van der Waals surface area contributed by atoms with Gasteiger partial charge in [-0.05, 0) is 18.9 Å². The van der Waals surface area contributed by atoms with Gasteiger partial charge < -0.3 is 5.73 Å². The first-order valence-electron chi connectivity index (χ1n) is 5.90. The highest BCUT2D eigenvalue weighted by atomic mass is 15.4. The lowest BCUT2D eigenvalue weighted by atomic mass is 10.1. The molecule has 2 N–H and O–H groups in total. The Morgan fingerprint density at radius 3 is 2.65 bits per heavy atom. The molecule has 0 aliphatic rings. The van der Waals surface area contributed by atoms with Crippen LogP contribution >= 0.6 is 0 Å². The van der Waals surface area contributed by atoms with Crippen molar-refractivity contribution in [3.05, 3.63) is 47.3 Å². The van der Waals surface area contributed by atoms with Gasteiger partial charge in [0.15, 0.2) is 0 Å². The van der Waals surface area contributed by atoms with Gasteiger partial charge in [-0.15, -0.1) is 5.10 Å². The van der Waals surface area contributed by atoms with Crippen molar-refractivity contribution in [1.82, 2.24) is 15.0 Å². The molecule has 1 aromatic heterocycles. The maximum atomic E-state index is 5.91. The molecule has 2 aromatic rings. The first kappa shape index (κ1) is 11.8. The van der Waals surface area contributed by atoms with E-state index >= 15 is 0 Å². The van der Waals surface area contributed by atoms with Crippen LogP contribution in [0.15, 0.2) is 30.5 Å². The molecule has 0 fully saturated rings. The van der Waals surface area contributed by atoms with E-state index in [2.05, 4.69) is 41.5 Å². The summed E-state index contributed by atoms with van der Waals surface area (Å²) < 4.78 is 1.83. The fourth-order valence-electron chi connectivity index (χ4n) is 1.65. The van der Waals surface area contributed by atoms with Crippen LogP contribution in [-0.2, 0) is 6.54 Å². The first-order chi connectivity index (χ1) is 8.19. The van der Waals surface area contributed by atoms with Crippen LogP contribution in [0.1, 0.15) is 36.2 Å². The van der Waals surface area contributed by atoms with Crippen molar-refractivity contribution in [1.29, 1.82) is 0 Å². The van der Waals surface area contributed by atoms with Crippen molar-refractivity contribution < 1.29 is 0 Å². The Kier molecular flexibility index (Phi) is 3.54. The van der Waals surface area contributed by atoms with Gasteiger partial charge in [-0.3, -0.25) is 0 Å². The molecule has 1 aromatic carbocycles. The van der Waals surface area contributed by atoms with E-state index in [9.17, 15) is 0 Å². The zero-order valence-corrected chi connectivity index (χ0v) is 10.3. The lowest BCUT2D eigenvalue weighted by molar-refractivity contribution is 0.644. The summed E-state index contributed by atoms with van der Waals surface area (Å²) in [6.07, 6.45) is 2.80. The number of rotatable bonds is 4. The van der Waals surface area contributed by atoms with E-state index < -0.39 is 0 Å². The molecule has 0 radical (unpaired) electrons. The van der Waals surface area contributed by atoms with Crippen molar-refractivity contribution in [2.24, 2.45) is 5.73 Å². The van der Waals surface area contributed by atoms with Crippen molar-refractivity contribution in [3.8, 4) is 0 Å². The van der Waals surface area contributed by atoms with Gasteiger partial charge in [-0.25, -0.2) is 4.68 Å². The van der Waals surface area contributed by atoms with E-state index in [0.29, 0.717) is 0 Å². The van der Waals surface area contributed by atoms with Gasteiger partial charge in [-0.1, -0.05) is 42.0 Å². The molecule has 0 aliphatic heterocycles. The Morgan fingerprint density at radius 2 is 2.00 bits per heavy atom. The van der Waals surface area contributed by atoms with Gasteiger partial charge in [0, 0.05) is 0 Å². The SMILES string of the molecule is CCC(N)c1cn(Cc2ccc(C)cc2)nn1. The predicted molar refractivity (Wildman–Crippen MR) is 67.5 cm³/mol. The molecule has 0 amide bonds. The Bertz CT molecular complexity index is 472.